The van der Waals surface area contributed by atoms with Crippen LogP contribution in [0, 0.1) is 0 Å². The highest BCUT2D eigenvalue weighted by atomic mass is 32.2. The summed E-state index contributed by atoms with van der Waals surface area (Å²) in [7, 11) is -1.38. The van der Waals surface area contributed by atoms with E-state index in [4.69, 9.17) is 0 Å². The monoisotopic (exact) mass is 355 g/mol. The average Bonchev–Trinajstić information content (AvgIpc) is 2.94. The highest BCUT2D eigenvalue weighted by molar-refractivity contribution is 8.00. The molecule has 23 heavy (non-hydrogen) atoms. The zero-order valence-electron chi connectivity index (χ0n) is 13.9. The molecule has 1 atom stereocenters. The van der Waals surface area contributed by atoms with E-state index in [0.29, 0.717) is 11.4 Å². The maximum absolute atomic E-state index is 11.5. The molecule has 1 fully saturated rings. The lowest BCUT2D eigenvalue weighted by molar-refractivity contribution is 0.584. The summed E-state index contributed by atoms with van der Waals surface area (Å²) in [6.07, 6.45) is 3.73. The first-order valence-electron chi connectivity index (χ1n) is 7.70. The molecule has 5 nitrogen and oxygen atoms in total. The number of aliphatic imine (C=N–C) groups is 1. The van der Waals surface area contributed by atoms with Crippen molar-refractivity contribution < 1.29 is 8.42 Å². The van der Waals surface area contributed by atoms with Gasteiger partial charge in [-0.15, -0.1) is 0 Å². The summed E-state index contributed by atoms with van der Waals surface area (Å²) in [5, 5.41) is 6.65. The predicted octanol–water partition coefficient (Wildman–Crippen LogP) is 2.04. The van der Waals surface area contributed by atoms with Gasteiger partial charge in [-0.3, -0.25) is 4.99 Å². The van der Waals surface area contributed by atoms with Crippen molar-refractivity contribution in [3.63, 3.8) is 0 Å². The smallest absolute Gasteiger partial charge is 0.191 e. The summed E-state index contributed by atoms with van der Waals surface area (Å²) in [5.74, 6) is 2.00. The third-order valence-corrected chi connectivity index (χ3v) is 6.63. The Balaban J connectivity index is 1.85. The number of nitrogens with zero attached hydrogens (tertiary/aromatic N) is 1. The molecule has 0 radical (unpaired) electrons. The Morgan fingerprint density at radius 2 is 2.00 bits per heavy atom. The van der Waals surface area contributed by atoms with Crippen molar-refractivity contribution in [1.29, 1.82) is 0 Å². The van der Waals surface area contributed by atoms with Crippen molar-refractivity contribution in [1.82, 2.24) is 10.6 Å². The van der Waals surface area contributed by atoms with Gasteiger partial charge in [0.15, 0.2) is 15.8 Å². The molecule has 1 aliphatic heterocycles. The van der Waals surface area contributed by atoms with E-state index in [2.05, 4.69) is 22.5 Å². The van der Waals surface area contributed by atoms with Crippen molar-refractivity contribution in [2.24, 2.45) is 4.99 Å². The standard InChI is InChI=1S/C16H25N3O2S2/c1-16(9-4-10-22-16)12-19-15(17-2)18-11-13-5-7-14(8-6-13)23(3,20)21/h5-8H,4,9-12H2,1-3H3,(H2,17,18,19). The highest BCUT2D eigenvalue weighted by Crippen LogP contribution is 2.36. The molecule has 2 N–H and O–H groups in total. The van der Waals surface area contributed by atoms with Gasteiger partial charge >= 0.3 is 0 Å². The number of benzene rings is 1. The Hall–Kier alpha value is -1.21. The zero-order valence-corrected chi connectivity index (χ0v) is 15.6. The minimum absolute atomic E-state index is 0.286. The van der Waals surface area contributed by atoms with Gasteiger partial charge in [0.1, 0.15) is 0 Å². The predicted molar refractivity (Wildman–Crippen MR) is 97.9 cm³/mol. The quantitative estimate of drug-likeness (QED) is 0.625. The summed E-state index contributed by atoms with van der Waals surface area (Å²) < 4.78 is 23.2. The van der Waals surface area contributed by atoms with Crippen molar-refractivity contribution in [2.45, 2.75) is 36.0 Å². The second-order valence-corrected chi connectivity index (χ2v) is 9.80. The lowest BCUT2D eigenvalue weighted by Crippen LogP contribution is -2.43. The number of hydrogen-bond acceptors (Lipinski definition) is 4. The van der Waals surface area contributed by atoms with Crippen molar-refractivity contribution in [3.05, 3.63) is 29.8 Å². The normalized spacial score (nSPS) is 22.1. The Morgan fingerprint density at radius 1 is 1.30 bits per heavy atom. The van der Waals surface area contributed by atoms with Crippen LogP contribution in [0.3, 0.4) is 0 Å². The first-order valence-corrected chi connectivity index (χ1v) is 10.6. The molecule has 0 aromatic heterocycles. The maximum Gasteiger partial charge on any atom is 0.191 e. The third kappa shape index (κ3) is 5.42. The van der Waals surface area contributed by atoms with Gasteiger partial charge in [-0.05, 0) is 43.2 Å². The summed E-state index contributed by atoms with van der Waals surface area (Å²) in [6.45, 7) is 3.78. The van der Waals surface area contributed by atoms with Crippen LogP contribution in [0.1, 0.15) is 25.3 Å². The summed E-state index contributed by atoms with van der Waals surface area (Å²) in [4.78, 5) is 4.58. The van der Waals surface area contributed by atoms with E-state index >= 15 is 0 Å². The molecule has 0 amide bonds. The Bertz CT molecular complexity index is 648. The van der Waals surface area contributed by atoms with Crippen LogP contribution >= 0.6 is 11.8 Å². The molecule has 128 valence electrons. The lowest BCUT2D eigenvalue weighted by Gasteiger charge is -2.24. The van der Waals surface area contributed by atoms with Gasteiger partial charge in [0.2, 0.25) is 0 Å². The summed E-state index contributed by atoms with van der Waals surface area (Å²) >= 11 is 2.01. The number of rotatable bonds is 5. The van der Waals surface area contributed by atoms with Crippen molar-refractivity contribution >= 4 is 27.6 Å². The third-order valence-electron chi connectivity index (χ3n) is 3.97. The number of nitrogens with one attached hydrogen (secondary N) is 2. The Morgan fingerprint density at radius 3 is 2.52 bits per heavy atom. The molecule has 0 aliphatic carbocycles. The average molecular weight is 356 g/mol. The fraction of sp³-hybridized carbons (Fsp3) is 0.562. The Labute approximate surface area is 143 Å². The van der Waals surface area contributed by atoms with Gasteiger partial charge in [0, 0.05) is 31.1 Å². The van der Waals surface area contributed by atoms with Gasteiger partial charge in [-0.1, -0.05) is 12.1 Å². The largest absolute Gasteiger partial charge is 0.355 e. The maximum atomic E-state index is 11.5. The van der Waals surface area contributed by atoms with Crippen LogP contribution in [0.4, 0.5) is 0 Å². The van der Waals surface area contributed by atoms with Crippen LogP contribution in [-0.4, -0.2) is 44.7 Å². The molecule has 0 spiro atoms. The van der Waals surface area contributed by atoms with E-state index in [1.54, 1.807) is 19.2 Å². The molecule has 0 bridgehead atoms. The van der Waals surface area contributed by atoms with E-state index in [0.717, 1.165) is 18.1 Å². The van der Waals surface area contributed by atoms with E-state index in [9.17, 15) is 8.42 Å². The van der Waals surface area contributed by atoms with Gasteiger partial charge in [-0.25, -0.2) is 8.42 Å². The number of hydrogen-bond donors (Lipinski definition) is 2. The zero-order chi connectivity index (χ0) is 16.9. The summed E-state index contributed by atoms with van der Waals surface area (Å²) in [5.41, 5.74) is 1.02. The SMILES string of the molecule is CN=C(NCc1ccc(S(C)(=O)=O)cc1)NCC1(C)CCCS1. The number of thioether (sulfide) groups is 1. The van der Waals surface area contributed by atoms with E-state index in [1.165, 1.54) is 24.9 Å². The van der Waals surface area contributed by atoms with Crippen molar-refractivity contribution in [3.8, 4) is 0 Å². The molecule has 7 heteroatoms. The molecular weight excluding hydrogens is 330 g/mol. The fourth-order valence-corrected chi connectivity index (χ4v) is 4.38. The molecule has 1 aromatic rings. The summed E-state index contributed by atoms with van der Waals surface area (Å²) in [6, 6.07) is 6.92. The van der Waals surface area contributed by atoms with Crippen LogP contribution in [0.25, 0.3) is 0 Å². The Kier molecular flexibility index (Phi) is 5.97. The molecule has 1 aliphatic rings. The van der Waals surface area contributed by atoms with Gasteiger partial charge in [0.25, 0.3) is 0 Å². The van der Waals surface area contributed by atoms with E-state index in [1.807, 2.05) is 23.9 Å². The van der Waals surface area contributed by atoms with Crippen LogP contribution in [0.2, 0.25) is 0 Å². The van der Waals surface area contributed by atoms with Gasteiger partial charge in [-0.2, -0.15) is 11.8 Å². The molecule has 1 unspecified atom stereocenters. The first kappa shape index (κ1) is 18.1. The first-order chi connectivity index (χ1) is 10.8. The van der Waals surface area contributed by atoms with Gasteiger partial charge in [0.05, 0.1) is 4.90 Å². The second-order valence-electron chi connectivity index (χ2n) is 6.10. The van der Waals surface area contributed by atoms with Crippen LogP contribution in [0.15, 0.2) is 34.2 Å². The molecule has 1 heterocycles. The van der Waals surface area contributed by atoms with Crippen LogP contribution in [0.5, 0.6) is 0 Å². The topological polar surface area (TPSA) is 70.6 Å². The second kappa shape index (κ2) is 7.57. The molecule has 0 saturated carbocycles. The minimum Gasteiger partial charge on any atom is -0.355 e. The van der Waals surface area contributed by atoms with Gasteiger partial charge < -0.3 is 10.6 Å². The number of sulfone groups is 1. The lowest BCUT2D eigenvalue weighted by atomic mass is 10.1. The van der Waals surface area contributed by atoms with E-state index in [-0.39, 0.29) is 4.75 Å². The minimum atomic E-state index is -3.14. The fourth-order valence-electron chi connectivity index (χ4n) is 2.51. The molecule has 2 rings (SSSR count). The van der Waals surface area contributed by atoms with Crippen molar-refractivity contribution in [2.75, 3.05) is 25.6 Å². The number of guanidine groups is 1. The molecule has 1 aromatic carbocycles. The molecule has 1 saturated heterocycles. The van der Waals surface area contributed by atoms with Crippen LogP contribution in [-0.2, 0) is 16.4 Å². The van der Waals surface area contributed by atoms with Crippen LogP contribution < -0.4 is 10.6 Å². The molecular formula is C16H25N3O2S2. The van der Waals surface area contributed by atoms with E-state index < -0.39 is 9.84 Å². The highest BCUT2D eigenvalue weighted by Gasteiger charge is 2.29.